The van der Waals surface area contributed by atoms with Gasteiger partial charge in [0.25, 0.3) is 0 Å². The van der Waals surface area contributed by atoms with Crippen LogP contribution in [0.15, 0.2) is 158 Å². The van der Waals surface area contributed by atoms with Crippen LogP contribution < -0.4 is 5.32 Å². The highest BCUT2D eigenvalue weighted by atomic mass is 31.2. The van der Waals surface area contributed by atoms with Gasteiger partial charge in [0.2, 0.25) is 5.91 Å². The van der Waals surface area contributed by atoms with E-state index < -0.39 is 20.0 Å². The number of phosphoric ester groups is 1. The van der Waals surface area contributed by atoms with Crippen molar-refractivity contribution in [3.8, 4) is 0 Å². The molecule has 470 valence electrons. The Morgan fingerprint density at radius 3 is 1.31 bits per heavy atom. The van der Waals surface area contributed by atoms with Gasteiger partial charge in [-0.25, -0.2) is 4.57 Å². The third kappa shape index (κ3) is 62.0. The van der Waals surface area contributed by atoms with Crippen molar-refractivity contribution >= 4 is 19.7 Å². The lowest BCUT2D eigenvalue weighted by Crippen LogP contribution is -2.47. The maximum absolute atomic E-state index is 13.6. The van der Waals surface area contributed by atoms with Gasteiger partial charge >= 0.3 is 13.8 Å². The molecule has 0 fully saturated rings. The molecule has 0 bridgehead atoms. The zero-order valence-corrected chi connectivity index (χ0v) is 54.5. The van der Waals surface area contributed by atoms with E-state index in [9.17, 15) is 19.0 Å². The molecule has 2 N–H and O–H groups in total. The average Bonchev–Trinajstić information content (AvgIpc) is 3.47. The van der Waals surface area contributed by atoms with Crippen molar-refractivity contribution in [2.24, 2.45) is 0 Å². The number of ether oxygens (including phenoxy) is 1. The molecule has 3 atom stereocenters. The number of carbonyl (C=O) groups excluding carboxylic acids is 2. The summed E-state index contributed by atoms with van der Waals surface area (Å²) in [5, 5.41) is 3.04. The molecule has 0 saturated heterocycles. The molecule has 0 aromatic rings. The van der Waals surface area contributed by atoms with Crippen LogP contribution in [0.3, 0.4) is 0 Å². The summed E-state index contributed by atoms with van der Waals surface area (Å²) >= 11 is 0. The molecule has 0 radical (unpaired) electrons. The standard InChI is InChI=1S/C73H121N2O7P/c1-7-10-13-16-19-22-25-28-30-32-33-34-35-36-37-38-39-40-41-43-44-47-50-53-56-59-62-65-72(76)74-70(69-81-83(78,79)80-68-67-75(4,5)6)71(64-61-58-55-52-49-46-27-24-21-18-15-12-9-3)82-73(77)66-63-60-57-54-51-48-45-42-31-29-26-23-20-17-14-11-8-2/h10-11,13-14,17,19-20,22-23,26,28-31,33-34,36-37,39-40,42,45,48,51,61,64,70-71H,7-9,12,15-16,18,21,24-25,27,32,35,38,41,43-44,46-47,49-50,52-60,62-63,65-69H2,1-6H3,(H-,74,76,78,79)/p+1/b13-10-,14-11-,20-17+,22-19-,26-23+,30-28-,31-29-,34-33-,37-36-,40-39-,45-42+,51-48+,64-61-. The fourth-order valence-corrected chi connectivity index (χ4v) is 9.36. The molecule has 3 unspecified atom stereocenters. The van der Waals surface area contributed by atoms with Gasteiger partial charge in [0.1, 0.15) is 19.3 Å². The molecule has 1 amide bonds. The summed E-state index contributed by atoms with van der Waals surface area (Å²) in [5.74, 6) is -0.577. The molecule has 0 heterocycles. The van der Waals surface area contributed by atoms with Crippen LogP contribution in [0, 0.1) is 0 Å². The lowest BCUT2D eigenvalue weighted by Gasteiger charge is -2.27. The van der Waals surface area contributed by atoms with Crippen LogP contribution in [0.25, 0.3) is 0 Å². The van der Waals surface area contributed by atoms with Crippen LogP contribution in [0.1, 0.15) is 239 Å². The van der Waals surface area contributed by atoms with Gasteiger partial charge in [-0.15, -0.1) is 0 Å². The second kappa shape index (κ2) is 60.7. The number of nitrogens with one attached hydrogen (secondary N) is 1. The number of likely N-dealkylation sites (N-methyl/N-ethyl adjacent to an activating group) is 1. The number of esters is 1. The predicted octanol–water partition coefficient (Wildman–Crippen LogP) is 20.8. The highest BCUT2D eigenvalue weighted by Crippen LogP contribution is 2.43. The summed E-state index contributed by atoms with van der Waals surface area (Å²) < 4.78 is 30.7. The van der Waals surface area contributed by atoms with E-state index in [1.807, 2.05) is 94.1 Å². The van der Waals surface area contributed by atoms with Crippen LogP contribution in [0.5, 0.6) is 0 Å². The molecular weight excluding hydrogens is 1050 g/mol. The van der Waals surface area contributed by atoms with E-state index in [1.54, 1.807) is 0 Å². The van der Waals surface area contributed by atoms with Crippen LogP contribution in [-0.4, -0.2) is 74.3 Å². The van der Waals surface area contributed by atoms with Crippen molar-refractivity contribution in [3.05, 3.63) is 158 Å². The number of hydrogen-bond donors (Lipinski definition) is 2. The maximum atomic E-state index is 13.6. The van der Waals surface area contributed by atoms with Crippen LogP contribution >= 0.6 is 7.82 Å². The topological polar surface area (TPSA) is 111 Å². The van der Waals surface area contributed by atoms with Crippen LogP contribution in [0.2, 0.25) is 0 Å². The first-order chi connectivity index (χ1) is 40.4. The highest BCUT2D eigenvalue weighted by molar-refractivity contribution is 7.47. The van der Waals surface area contributed by atoms with Crippen molar-refractivity contribution in [1.82, 2.24) is 5.32 Å². The number of unbranched alkanes of at least 4 members (excludes halogenated alkanes) is 22. The second-order valence-corrected chi connectivity index (χ2v) is 24.1. The molecular formula is C73H122N2O7P+. The number of quaternary nitrogens is 1. The normalized spacial score (nSPS) is 14.6. The molecule has 0 rings (SSSR count). The summed E-state index contributed by atoms with van der Waals surface area (Å²) in [5.41, 5.74) is 0. The summed E-state index contributed by atoms with van der Waals surface area (Å²) in [4.78, 5) is 37.8. The molecule has 0 aliphatic rings. The summed E-state index contributed by atoms with van der Waals surface area (Å²) in [6, 6.07) is -0.885. The van der Waals surface area contributed by atoms with E-state index in [2.05, 4.69) is 111 Å². The number of phosphoric acid groups is 1. The number of amides is 1. The lowest BCUT2D eigenvalue weighted by molar-refractivity contribution is -0.870. The zero-order valence-electron chi connectivity index (χ0n) is 53.6. The summed E-state index contributed by atoms with van der Waals surface area (Å²) in [7, 11) is 1.44. The quantitative estimate of drug-likeness (QED) is 0.0156. The minimum atomic E-state index is -4.48. The monoisotopic (exact) mass is 1170 g/mol. The Balaban J connectivity index is 5.26. The SMILES string of the molecule is CC\C=C/C=C/C=C/C=C\C=C\C=C\CCCCCC(=O)OC(/C=C\CCCCCCCCCCCCC)C(COP(=O)(O)OCC[N+](C)(C)C)NC(=O)CCCCCCCCCC/C=C\C/C=C\C/C=C\C/C=C\C/C=C\C/C=C\CC. The number of allylic oxidation sites excluding steroid dienone is 25. The van der Waals surface area contributed by atoms with Gasteiger partial charge in [-0.1, -0.05) is 282 Å². The Labute approximate surface area is 510 Å². The lowest BCUT2D eigenvalue weighted by atomic mass is 10.0. The first-order valence-corrected chi connectivity index (χ1v) is 34.4. The third-order valence-corrected chi connectivity index (χ3v) is 14.6. The largest absolute Gasteiger partial charge is 0.472 e. The molecule has 9 nitrogen and oxygen atoms in total. The zero-order chi connectivity index (χ0) is 60.7. The molecule has 0 aromatic carbocycles. The van der Waals surface area contributed by atoms with Crippen molar-refractivity contribution < 1.29 is 37.3 Å². The van der Waals surface area contributed by atoms with Gasteiger partial charge in [-0.3, -0.25) is 18.6 Å². The molecule has 0 aliphatic carbocycles. The Kier molecular flexibility index (Phi) is 57.5. The number of nitrogens with zero attached hydrogens (tertiary/aromatic N) is 1. The second-order valence-electron chi connectivity index (χ2n) is 22.7. The number of hydrogen-bond acceptors (Lipinski definition) is 6. The van der Waals surface area contributed by atoms with E-state index in [0.717, 1.165) is 116 Å². The maximum Gasteiger partial charge on any atom is 0.472 e. The van der Waals surface area contributed by atoms with Crippen LogP contribution in [-0.2, 0) is 27.9 Å². The average molecular weight is 1170 g/mol. The van der Waals surface area contributed by atoms with E-state index in [-0.39, 0.29) is 31.5 Å². The van der Waals surface area contributed by atoms with E-state index in [1.165, 1.54) is 83.5 Å². The van der Waals surface area contributed by atoms with E-state index >= 15 is 0 Å². The first-order valence-electron chi connectivity index (χ1n) is 32.9. The van der Waals surface area contributed by atoms with Gasteiger partial charge in [-0.05, 0) is 102 Å². The highest BCUT2D eigenvalue weighted by Gasteiger charge is 2.30. The van der Waals surface area contributed by atoms with Gasteiger partial charge in [-0.2, -0.15) is 0 Å². The summed E-state index contributed by atoms with van der Waals surface area (Å²) in [6.07, 6.45) is 89.6. The van der Waals surface area contributed by atoms with Crippen molar-refractivity contribution in [3.63, 3.8) is 0 Å². The molecule has 0 aromatic heterocycles. The van der Waals surface area contributed by atoms with Gasteiger partial charge in [0.05, 0.1) is 33.8 Å². The van der Waals surface area contributed by atoms with Gasteiger partial charge < -0.3 is 19.4 Å². The minimum absolute atomic E-state index is 0.0214. The smallest absolute Gasteiger partial charge is 0.456 e. The third-order valence-electron chi connectivity index (χ3n) is 13.6. The Bertz CT molecular complexity index is 1980. The Morgan fingerprint density at radius 1 is 0.446 bits per heavy atom. The van der Waals surface area contributed by atoms with Crippen LogP contribution in [0.4, 0.5) is 0 Å². The molecule has 0 spiro atoms. The van der Waals surface area contributed by atoms with E-state index in [4.69, 9.17) is 13.8 Å². The molecule has 10 heteroatoms. The number of carbonyl (C=O) groups is 2. The Hall–Kier alpha value is -4.37. The minimum Gasteiger partial charge on any atom is -0.456 e. The predicted molar refractivity (Wildman–Crippen MR) is 359 cm³/mol. The first kappa shape index (κ1) is 78.6. The summed E-state index contributed by atoms with van der Waals surface area (Å²) in [6.45, 7) is 6.70. The number of rotatable bonds is 57. The van der Waals surface area contributed by atoms with E-state index in [0.29, 0.717) is 23.9 Å². The van der Waals surface area contributed by atoms with Gasteiger partial charge in [0, 0.05) is 12.8 Å². The molecule has 83 heavy (non-hydrogen) atoms. The molecule has 0 aliphatic heterocycles. The fraction of sp³-hybridized carbons (Fsp3) is 0.616. The fourth-order valence-electron chi connectivity index (χ4n) is 8.62. The Morgan fingerprint density at radius 2 is 0.831 bits per heavy atom. The molecule has 0 saturated carbocycles. The van der Waals surface area contributed by atoms with Crippen molar-refractivity contribution in [2.75, 3.05) is 40.9 Å². The van der Waals surface area contributed by atoms with Crippen molar-refractivity contribution in [1.29, 1.82) is 0 Å². The van der Waals surface area contributed by atoms with Gasteiger partial charge in [0.15, 0.2) is 0 Å². The van der Waals surface area contributed by atoms with Crippen molar-refractivity contribution in [2.45, 2.75) is 251 Å².